The summed E-state index contributed by atoms with van der Waals surface area (Å²) in [4.78, 5) is 0. The van der Waals surface area contributed by atoms with Crippen molar-refractivity contribution in [2.75, 3.05) is 0 Å². The van der Waals surface area contributed by atoms with Crippen molar-refractivity contribution in [1.29, 1.82) is 5.41 Å². The molecule has 0 spiro atoms. The standard InChI is InChI=1S/C9H10BrN/c1-7(11)6-8-4-2-3-5-9(8)10/h2-5,11H,6H2,1H3. The van der Waals surface area contributed by atoms with E-state index >= 15 is 0 Å². The molecule has 1 nitrogen and oxygen atoms in total. The van der Waals surface area contributed by atoms with E-state index in [9.17, 15) is 0 Å². The highest BCUT2D eigenvalue weighted by Crippen LogP contribution is 2.16. The van der Waals surface area contributed by atoms with Crippen molar-refractivity contribution < 1.29 is 0 Å². The zero-order chi connectivity index (χ0) is 8.27. The second kappa shape index (κ2) is 3.67. The van der Waals surface area contributed by atoms with Crippen LogP contribution in [0.4, 0.5) is 0 Å². The van der Waals surface area contributed by atoms with Gasteiger partial charge < -0.3 is 5.41 Å². The summed E-state index contributed by atoms with van der Waals surface area (Å²) in [6.45, 7) is 1.82. The van der Waals surface area contributed by atoms with Crippen LogP contribution in [0.2, 0.25) is 0 Å². The highest BCUT2D eigenvalue weighted by molar-refractivity contribution is 9.10. The van der Waals surface area contributed by atoms with Crippen molar-refractivity contribution in [2.45, 2.75) is 13.3 Å². The summed E-state index contributed by atoms with van der Waals surface area (Å²) < 4.78 is 1.09. The number of hydrogen-bond acceptors (Lipinski definition) is 1. The Labute approximate surface area is 75.1 Å². The predicted octanol–water partition coefficient (Wildman–Crippen LogP) is 3.03. The lowest BCUT2D eigenvalue weighted by Gasteiger charge is -2.00. The molecule has 0 aliphatic carbocycles. The normalized spacial score (nSPS) is 9.64. The smallest absolute Gasteiger partial charge is 0.0211 e. The monoisotopic (exact) mass is 211 g/mol. The molecule has 0 bridgehead atoms. The van der Waals surface area contributed by atoms with Gasteiger partial charge in [-0.15, -0.1) is 0 Å². The van der Waals surface area contributed by atoms with E-state index < -0.39 is 0 Å². The van der Waals surface area contributed by atoms with Crippen molar-refractivity contribution in [3.63, 3.8) is 0 Å². The molecule has 0 unspecified atom stereocenters. The summed E-state index contributed by atoms with van der Waals surface area (Å²) in [5.74, 6) is 0. The largest absolute Gasteiger partial charge is 0.310 e. The van der Waals surface area contributed by atoms with Gasteiger partial charge in [0.2, 0.25) is 0 Å². The predicted molar refractivity (Wildman–Crippen MR) is 51.2 cm³/mol. The summed E-state index contributed by atoms with van der Waals surface area (Å²) >= 11 is 3.43. The SMILES string of the molecule is CC(=N)Cc1ccccc1Br. The van der Waals surface area contributed by atoms with Gasteiger partial charge in [-0.1, -0.05) is 34.1 Å². The molecule has 0 radical (unpaired) electrons. The summed E-state index contributed by atoms with van der Waals surface area (Å²) in [5.41, 5.74) is 1.87. The zero-order valence-electron chi connectivity index (χ0n) is 6.39. The highest BCUT2D eigenvalue weighted by Gasteiger charge is 1.97. The quantitative estimate of drug-likeness (QED) is 0.728. The van der Waals surface area contributed by atoms with Gasteiger partial charge in [0, 0.05) is 16.6 Å². The maximum Gasteiger partial charge on any atom is 0.0211 e. The number of nitrogens with one attached hydrogen (secondary N) is 1. The Morgan fingerprint density at radius 3 is 2.64 bits per heavy atom. The van der Waals surface area contributed by atoms with E-state index in [1.165, 1.54) is 5.56 Å². The Hall–Kier alpha value is -0.630. The number of hydrogen-bond donors (Lipinski definition) is 1. The van der Waals surface area contributed by atoms with Gasteiger partial charge in [-0.25, -0.2) is 0 Å². The Morgan fingerprint density at radius 1 is 1.45 bits per heavy atom. The fourth-order valence-electron chi connectivity index (χ4n) is 0.927. The van der Waals surface area contributed by atoms with Crippen LogP contribution >= 0.6 is 15.9 Å². The van der Waals surface area contributed by atoms with Crippen molar-refractivity contribution in [3.8, 4) is 0 Å². The third kappa shape index (κ3) is 2.46. The fourth-order valence-corrected chi connectivity index (χ4v) is 1.35. The van der Waals surface area contributed by atoms with Gasteiger partial charge in [0.25, 0.3) is 0 Å². The van der Waals surface area contributed by atoms with Gasteiger partial charge in [-0.05, 0) is 18.6 Å². The topological polar surface area (TPSA) is 23.9 Å². The van der Waals surface area contributed by atoms with Crippen LogP contribution in [0, 0.1) is 5.41 Å². The van der Waals surface area contributed by atoms with Crippen molar-refractivity contribution >= 4 is 21.6 Å². The lowest BCUT2D eigenvalue weighted by molar-refractivity contribution is 1.25. The van der Waals surface area contributed by atoms with Crippen LogP contribution in [0.5, 0.6) is 0 Å². The molecule has 0 saturated carbocycles. The average Bonchev–Trinajstić information content (AvgIpc) is 1.93. The third-order valence-electron chi connectivity index (χ3n) is 1.41. The molecule has 0 atom stereocenters. The number of rotatable bonds is 2. The van der Waals surface area contributed by atoms with Crippen molar-refractivity contribution in [2.24, 2.45) is 0 Å². The van der Waals surface area contributed by atoms with E-state index in [1.54, 1.807) is 0 Å². The van der Waals surface area contributed by atoms with Crippen LogP contribution in [0.25, 0.3) is 0 Å². The summed E-state index contributed by atoms with van der Waals surface area (Å²) in [6.07, 6.45) is 0.738. The molecule has 1 rings (SSSR count). The van der Waals surface area contributed by atoms with E-state index in [4.69, 9.17) is 5.41 Å². The molecule has 0 saturated heterocycles. The molecular weight excluding hydrogens is 202 g/mol. The minimum absolute atomic E-state index is 0.692. The minimum atomic E-state index is 0.692. The van der Waals surface area contributed by atoms with E-state index in [1.807, 2.05) is 31.2 Å². The molecule has 0 aromatic heterocycles. The Morgan fingerprint density at radius 2 is 2.09 bits per heavy atom. The molecule has 0 fully saturated rings. The molecule has 0 aliphatic heterocycles. The van der Waals surface area contributed by atoms with Crippen LogP contribution < -0.4 is 0 Å². The lowest BCUT2D eigenvalue weighted by Crippen LogP contribution is -1.95. The maximum atomic E-state index is 7.31. The van der Waals surface area contributed by atoms with E-state index in [2.05, 4.69) is 15.9 Å². The van der Waals surface area contributed by atoms with Gasteiger partial charge in [0.05, 0.1) is 0 Å². The van der Waals surface area contributed by atoms with Crippen LogP contribution in [-0.4, -0.2) is 5.71 Å². The highest BCUT2D eigenvalue weighted by atomic mass is 79.9. The summed E-state index contributed by atoms with van der Waals surface area (Å²) in [7, 11) is 0. The third-order valence-corrected chi connectivity index (χ3v) is 2.19. The summed E-state index contributed by atoms with van der Waals surface area (Å²) in [6, 6.07) is 8.00. The summed E-state index contributed by atoms with van der Waals surface area (Å²) in [5, 5.41) is 7.31. The number of halogens is 1. The molecule has 58 valence electrons. The van der Waals surface area contributed by atoms with Gasteiger partial charge in [-0.2, -0.15) is 0 Å². The molecule has 0 aliphatic rings. The van der Waals surface area contributed by atoms with Gasteiger partial charge in [0.1, 0.15) is 0 Å². The fraction of sp³-hybridized carbons (Fsp3) is 0.222. The molecule has 1 N–H and O–H groups in total. The maximum absolute atomic E-state index is 7.31. The molecule has 0 amide bonds. The first-order chi connectivity index (χ1) is 5.20. The van der Waals surface area contributed by atoms with Gasteiger partial charge in [0.15, 0.2) is 0 Å². The second-order valence-electron chi connectivity index (χ2n) is 2.55. The van der Waals surface area contributed by atoms with Crippen LogP contribution in [0.3, 0.4) is 0 Å². The molecule has 1 aromatic rings. The van der Waals surface area contributed by atoms with Crippen molar-refractivity contribution in [1.82, 2.24) is 0 Å². The van der Waals surface area contributed by atoms with Gasteiger partial charge in [-0.3, -0.25) is 0 Å². The molecule has 0 heterocycles. The first-order valence-electron chi connectivity index (χ1n) is 3.47. The Bertz CT molecular complexity index is 268. The lowest BCUT2D eigenvalue weighted by atomic mass is 10.1. The number of benzene rings is 1. The zero-order valence-corrected chi connectivity index (χ0v) is 7.98. The van der Waals surface area contributed by atoms with E-state index in [-0.39, 0.29) is 0 Å². The second-order valence-corrected chi connectivity index (χ2v) is 3.40. The van der Waals surface area contributed by atoms with Crippen molar-refractivity contribution in [3.05, 3.63) is 34.3 Å². The van der Waals surface area contributed by atoms with Gasteiger partial charge >= 0.3 is 0 Å². The Kier molecular flexibility index (Phi) is 2.83. The first kappa shape index (κ1) is 8.47. The van der Waals surface area contributed by atoms with Crippen LogP contribution in [-0.2, 0) is 6.42 Å². The molecule has 1 aromatic carbocycles. The van der Waals surface area contributed by atoms with Crippen LogP contribution in [0.1, 0.15) is 12.5 Å². The molecular formula is C9H10BrN. The van der Waals surface area contributed by atoms with Crippen LogP contribution in [0.15, 0.2) is 28.7 Å². The average molecular weight is 212 g/mol. The van der Waals surface area contributed by atoms with E-state index in [0.717, 1.165) is 10.9 Å². The first-order valence-corrected chi connectivity index (χ1v) is 4.27. The van der Waals surface area contributed by atoms with E-state index in [0.29, 0.717) is 5.71 Å². The molecule has 11 heavy (non-hydrogen) atoms. The minimum Gasteiger partial charge on any atom is -0.310 e. The molecule has 2 heteroatoms. The Balaban J connectivity index is 2.86.